The molecule has 0 aliphatic heterocycles. The molecule has 72 valence electrons. The molecule has 13 heavy (non-hydrogen) atoms. The van der Waals surface area contributed by atoms with Crippen LogP contribution in [0.5, 0.6) is 0 Å². The fourth-order valence-electron chi connectivity index (χ4n) is 0.750. The number of carbonyl (C=O) groups excluding carboxylic acids is 1. The van der Waals surface area contributed by atoms with Crippen molar-refractivity contribution in [3.8, 4) is 0 Å². The molecule has 0 spiro atoms. The predicted molar refractivity (Wildman–Crippen MR) is 44.5 cm³/mol. The van der Waals surface area contributed by atoms with Crippen LogP contribution in [0.15, 0.2) is 4.42 Å². The maximum Gasteiger partial charge on any atom is 0.234 e. The van der Waals surface area contributed by atoms with Crippen LogP contribution in [0.2, 0.25) is 0 Å². The summed E-state index contributed by atoms with van der Waals surface area (Å²) in [6.07, 6.45) is 0. The summed E-state index contributed by atoms with van der Waals surface area (Å²) in [7, 11) is 0. The van der Waals surface area contributed by atoms with E-state index in [1.54, 1.807) is 13.8 Å². The molecule has 0 saturated carbocycles. The van der Waals surface area contributed by atoms with Gasteiger partial charge < -0.3 is 10.2 Å². The Bertz CT molecular complexity index is 296. The maximum absolute atomic E-state index is 10.6. The Morgan fingerprint density at radius 2 is 2.38 bits per heavy atom. The second-order valence-corrected chi connectivity index (χ2v) is 2.72. The Balaban J connectivity index is 2.39. The normalized spacial score (nSPS) is 12.8. The number of nitrogens with one attached hydrogen (secondary N) is 1. The van der Waals surface area contributed by atoms with Gasteiger partial charge in [-0.25, -0.2) is 0 Å². The van der Waals surface area contributed by atoms with Gasteiger partial charge in [0.15, 0.2) is 0 Å². The standard InChI is InChI=1S/C7H12N4O2/c1-4(7(8)12)9-3-6-11-10-5(2)13-6/h4,9H,3H2,1-2H3,(H2,8,12). The molecule has 0 aliphatic carbocycles. The minimum atomic E-state index is -0.406. The largest absolute Gasteiger partial charge is 0.424 e. The molecule has 0 aliphatic rings. The topological polar surface area (TPSA) is 94.0 Å². The molecule has 1 aromatic rings. The first-order valence-electron chi connectivity index (χ1n) is 3.91. The van der Waals surface area contributed by atoms with Crippen LogP contribution in [-0.4, -0.2) is 22.1 Å². The number of hydrogen-bond donors (Lipinski definition) is 2. The van der Waals surface area contributed by atoms with Gasteiger partial charge >= 0.3 is 0 Å². The summed E-state index contributed by atoms with van der Waals surface area (Å²) >= 11 is 0. The Morgan fingerprint density at radius 1 is 1.69 bits per heavy atom. The van der Waals surface area contributed by atoms with Crippen LogP contribution < -0.4 is 11.1 Å². The molecule has 0 saturated heterocycles. The van der Waals surface area contributed by atoms with Crippen molar-refractivity contribution in [2.24, 2.45) is 5.73 Å². The smallest absolute Gasteiger partial charge is 0.234 e. The zero-order chi connectivity index (χ0) is 9.84. The second-order valence-electron chi connectivity index (χ2n) is 2.72. The summed E-state index contributed by atoms with van der Waals surface area (Å²) in [6, 6.07) is -0.396. The fraction of sp³-hybridized carbons (Fsp3) is 0.571. The van der Waals surface area contributed by atoms with E-state index in [1.165, 1.54) is 0 Å². The molecule has 6 heteroatoms. The summed E-state index contributed by atoms with van der Waals surface area (Å²) in [6.45, 7) is 3.73. The molecule has 1 amide bonds. The van der Waals surface area contributed by atoms with E-state index < -0.39 is 11.9 Å². The lowest BCUT2D eigenvalue weighted by molar-refractivity contribution is -0.119. The van der Waals surface area contributed by atoms with Crippen molar-refractivity contribution in [1.29, 1.82) is 0 Å². The monoisotopic (exact) mass is 184 g/mol. The van der Waals surface area contributed by atoms with E-state index in [9.17, 15) is 4.79 Å². The van der Waals surface area contributed by atoms with Gasteiger partial charge in [-0.05, 0) is 6.92 Å². The minimum Gasteiger partial charge on any atom is -0.424 e. The first kappa shape index (κ1) is 9.66. The third-order valence-corrected chi connectivity index (χ3v) is 1.55. The van der Waals surface area contributed by atoms with Gasteiger partial charge in [-0.15, -0.1) is 10.2 Å². The average Bonchev–Trinajstić information content (AvgIpc) is 2.47. The van der Waals surface area contributed by atoms with Crippen molar-refractivity contribution >= 4 is 5.91 Å². The molecule has 0 radical (unpaired) electrons. The molecule has 1 atom stereocenters. The summed E-state index contributed by atoms with van der Waals surface area (Å²) in [5.74, 6) is 0.547. The van der Waals surface area contributed by atoms with Gasteiger partial charge in [0.2, 0.25) is 17.7 Å². The highest BCUT2D eigenvalue weighted by atomic mass is 16.4. The number of amides is 1. The minimum absolute atomic E-state index is 0.352. The summed E-state index contributed by atoms with van der Waals surface area (Å²) in [5.41, 5.74) is 5.04. The lowest BCUT2D eigenvalue weighted by atomic mass is 10.3. The number of rotatable bonds is 4. The number of aryl methyl sites for hydroxylation is 1. The number of nitrogens with two attached hydrogens (primary N) is 1. The molecule has 3 N–H and O–H groups in total. The first-order chi connectivity index (χ1) is 6.09. The van der Waals surface area contributed by atoms with Gasteiger partial charge in [0, 0.05) is 6.92 Å². The Hall–Kier alpha value is -1.43. The number of hydrogen-bond acceptors (Lipinski definition) is 5. The van der Waals surface area contributed by atoms with Gasteiger partial charge in [-0.2, -0.15) is 0 Å². The Labute approximate surface area is 75.5 Å². The zero-order valence-corrected chi connectivity index (χ0v) is 7.57. The van der Waals surface area contributed by atoms with Gasteiger partial charge in [0.05, 0.1) is 12.6 Å². The van der Waals surface area contributed by atoms with Crippen LogP contribution in [0.25, 0.3) is 0 Å². The van der Waals surface area contributed by atoms with E-state index in [1.807, 2.05) is 0 Å². The quantitative estimate of drug-likeness (QED) is 0.648. The van der Waals surface area contributed by atoms with Crippen LogP contribution >= 0.6 is 0 Å². The summed E-state index contributed by atoms with van der Waals surface area (Å²) in [4.78, 5) is 10.6. The maximum atomic E-state index is 10.6. The van der Waals surface area contributed by atoms with Crippen molar-refractivity contribution in [1.82, 2.24) is 15.5 Å². The highest BCUT2D eigenvalue weighted by molar-refractivity contribution is 5.79. The highest BCUT2D eigenvalue weighted by Gasteiger charge is 2.09. The van der Waals surface area contributed by atoms with Crippen LogP contribution in [0.4, 0.5) is 0 Å². The molecule has 6 nitrogen and oxygen atoms in total. The van der Waals surface area contributed by atoms with E-state index in [-0.39, 0.29) is 0 Å². The van der Waals surface area contributed by atoms with E-state index in [0.717, 1.165) is 0 Å². The molecule has 1 heterocycles. The van der Waals surface area contributed by atoms with Crippen LogP contribution in [0.3, 0.4) is 0 Å². The third kappa shape index (κ3) is 2.83. The van der Waals surface area contributed by atoms with Crippen LogP contribution in [0.1, 0.15) is 18.7 Å². The summed E-state index contributed by atoms with van der Waals surface area (Å²) < 4.78 is 5.08. The van der Waals surface area contributed by atoms with Crippen LogP contribution in [-0.2, 0) is 11.3 Å². The lowest BCUT2D eigenvalue weighted by Crippen LogP contribution is -2.38. The number of nitrogens with zero attached hydrogens (tertiary/aromatic N) is 2. The molecule has 0 bridgehead atoms. The van der Waals surface area contributed by atoms with Crippen LogP contribution in [0, 0.1) is 6.92 Å². The molecular weight excluding hydrogens is 172 g/mol. The van der Waals surface area contributed by atoms with E-state index in [0.29, 0.717) is 18.3 Å². The van der Waals surface area contributed by atoms with Gasteiger partial charge in [0.1, 0.15) is 0 Å². The lowest BCUT2D eigenvalue weighted by Gasteiger charge is -2.06. The molecule has 1 unspecified atom stereocenters. The van der Waals surface area contributed by atoms with Crippen molar-refractivity contribution < 1.29 is 9.21 Å². The number of carbonyl (C=O) groups is 1. The molecule has 0 fully saturated rings. The molecule has 1 aromatic heterocycles. The van der Waals surface area contributed by atoms with E-state index >= 15 is 0 Å². The van der Waals surface area contributed by atoms with E-state index in [4.69, 9.17) is 10.2 Å². The van der Waals surface area contributed by atoms with Crippen molar-refractivity contribution in [3.63, 3.8) is 0 Å². The van der Waals surface area contributed by atoms with Gasteiger partial charge in [0.25, 0.3) is 0 Å². The fourth-order valence-corrected chi connectivity index (χ4v) is 0.750. The number of aromatic nitrogens is 2. The summed E-state index contributed by atoms with van der Waals surface area (Å²) in [5, 5.41) is 10.2. The van der Waals surface area contributed by atoms with Gasteiger partial charge in [-0.3, -0.25) is 10.1 Å². The molecule has 0 aromatic carbocycles. The SMILES string of the molecule is Cc1nnc(CNC(C)C(N)=O)o1. The average molecular weight is 184 g/mol. The van der Waals surface area contributed by atoms with Crippen molar-refractivity contribution in [3.05, 3.63) is 11.8 Å². The van der Waals surface area contributed by atoms with Gasteiger partial charge in [-0.1, -0.05) is 0 Å². The highest BCUT2D eigenvalue weighted by Crippen LogP contribution is 1.96. The molecule has 1 rings (SSSR count). The second kappa shape index (κ2) is 3.99. The van der Waals surface area contributed by atoms with E-state index in [2.05, 4.69) is 15.5 Å². The van der Waals surface area contributed by atoms with Crippen molar-refractivity contribution in [2.75, 3.05) is 0 Å². The Kier molecular flexibility index (Phi) is 2.97. The van der Waals surface area contributed by atoms with Crippen molar-refractivity contribution in [2.45, 2.75) is 26.4 Å². The first-order valence-corrected chi connectivity index (χ1v) is 3.91. The zero-order valence-electron chi connectivity index (χ0n) is 7.57. The predicted octanol–water partition coefficient (Wildman–Crippen LogP) is -0.659. The number of primary amides is 1. The molecular formula is C7H12N4O2. The third-order valence-electron chi connectivity index (χ3n) is 1.55. The Morgan fingerprint density at radius 3 is 2.85 bits per heavy atom.